The molecule has 30 heteroatoms. The average Bonchev–Trinajstić information content (AvgIpc) is 1.64. The predicted octanol–water partition coefficient (Wildman–Crippen LogP) is 4.18. The summed E-state index contributed by atoms with van der Waals surface area (Å²) < 4.78 is 49.7. The van der Waals surface area contributed by atoms with E-state index in [1.807, 2.05) is 87.0 Å². The number of methoxy groups -OCH3 is 3. The molecule has 10 N–H and O–H groups in total. The third-order valence-corrected chi connectivity index (χ3v) is 17.3. The summed E-state index contributed by atoms with van der Waals surface area (Å²) in [5.41, 5.74) is 5.57. The SMILES string of the molecule is CNc1nc(CCNCC2CCCCC2)nc2c1ncn2[C@@H]1O[C@H](COC)[C@@H](C)[C@H]1O.CNc1nc(CNCc2ccc(OC(C)C)cc2)nc2c1ncn2[C@@H]1O[C@H](COC)[C@@H](O)[C@H]1O.CNc1nc(COCc2ccccc2)nc2c1ncn2[C@@H]1O[C@H](COC)[C@@H](O)[C@H]1O. The number of aliphatic hydroxyl groups excluding tert-OH is 5. The van der Waals surface area contributed by atoms with Crippen molar-refractivity contribution in [2.75, 3.05) is 91.3 Å². The fourth-order valence-electron chi connectivity index (χ4n) is 12.2. The van der Waals surface area contributed by atoms with Crippen LogP contribution in [0.2, 0.25) is 0 Å². The van der Waals surface area contributed by atoms with Crippen molar-refractivity contribution in [1.82, 2.24) is 69.2 Å². The van der Waals surface area contributed by atoms with E-state index in [9.17, 15) is 25.5 Å². The van der Waals surface area contributed by atoms with E-state index in [1.165, 1.54) is 59.0 Å². The number of aromatic nitrogens is 12. The van der Waals surface area contributed by atoms with Crippen LogP contribution in [0.15, 0.2) is 73.6 Å². The molecule has 0 spiro atoms. The minimum atomic E-state index is -1.15. The van der Waals surface area contributed by atoms with Gasteiger partial charge in [0.15, 0.2) is 75.5 Å². The van der Waals surface area contributed by atoms with Gasteiger partial charge in [0.1, 0.15) is 66.7 Å². The molecule has 12 rings (SSSR count). The van der Waals surface area contributed by atoms with Gasteiger partial charge in [-0.15, -0.1) is 0 Å². The summed E-state index contributed by atoms with van der Waals surface area (Å²) >= 11 is 0. The third-order valence-electron chi connectivity index (χ3n) is 17.3. The molecule has 95 heavy (non-hydrogen) atoms. The van der Waals surface area contributed by atoms with Crippen LogP contribution in [0.25, 0.3) is 33.5 Å². The molecule has 2 aromatic carbocycles. The topological polar surface area (TPSA) is 366 Å². The van der Waals surface area contributed by atoms with E-state index >= 15 is 0 Å². The number of hydrogen-bond acceptors (Lipinski definition) is 27. The highest BCUT2D eigenvalue weighted by atomic mass is 16.6. The van der Waals surface area contributed by atoms with E-state index in [-0.39, 0.29) is 37.9 Å². The van der Waals surface area contributed by atoms with Crippen LogP contribution >= 0.6 is 0 Å². The maximum absolute atomic E-state index is 10.8. The van der Waals surface area contributed by atoms with Crippen molar-refractivity contribution in [3.8, 4) is 5.75 Å². The maximum atomic E-state index is 10.8. The highest BCUT2D eigenvalue weighted by Gasteiger charge is 2.46. The van der Waals surface area contributed by atoms with Gasteiger partial charge >= 0.3 is 0 Å². The summed E-state index contributed by atoms with van der Waals surface area (Å²) in [6.45, 7) is 10.3. The molecule has 4 fully saturated rings. The van der Waals surface area contributed by atoms with Crippen molar-refractivity contribution in [3.05, 3.63) is 102 Å². The van der Waals surface area contributed by atoms with Crippen LogP contribution in [0, 0.1) is 11.8 Å². The zero-order valence-electron chi connectivity index (χ0n) is 55.5. The lowest BCUT2D eigenvalue weighted by Crippen LogP contribution is -2.33. The van der Waals surface area contributed by atoms with Gasteiger partial charge in [-0.3, -0.25) is 13.7 Å². The Morgan fingerprint density at radius 2 is 1.01 bits per heavy atom. The first-order valence-electron chi connectivity index (χ1n) is 32.5. The number of benzene rings is 2. The summed E-state index contributed by atoms with van der Waals surface area (Å²) in [5.74, 6) is 5.17. The first-order chi connectivity index (χ1) is 46.1. The molecule has 0 bridgehead atoms. The molecule has 9 heterocycles. The molecule has 516 valence electrons. The summed E-state index contributed by atoms with van der Waals surface area (Å²) in [7, 11) is 10.0. The van der Waals surface area contributed by atoms with Crippen molar-refractivity contribution in [2.45, 2.75) is 159 Å². The van der Waals surface area contributed by atoms with Crippen molar-refractivity contribution in [1.29, 1.82) is 0 Å². The number of ether oxygens (including phenoxy) is 8. The second-order valence-electron chi connectivity index (χ2n) is 24.4. The Kier molecular flexibility index (Phi) is 24.9. The maximum Gasteiger partial charge on any atom is 0.168 e. The molecule has 8 aromatic rings. The van der Waals surface area contributed by atoms with Gasteiger partial charge in [0.2, 0.25) is 0 Å². The summed E-state index contributed by atoms with van der Waals surface area (Å²) in [4.78, 5) is 41.0. The fraction of sp³-hybridized carbons (Fsp3) is 0.585. The van der Waals surface area contributed by atoms with Gasteiger partial charge in [-0.1, -0.05) is 68.7 Å². The van der Waals surface area contributed by atoms with Gasteiger partial charge in [0, 0.05) is 67.9 Å². The normalized spacial score (nSPS) is 24.5. The molecular weight excluding hydrogens is 1230 g/mol. The number of fused-ring (bicyclic) bond motifs is 3. The van der Waals surface area contributed by atoms with Crippen LogP contribution in [0.5, 0.6) is 5.75 Å². The first kappa shape index (κ1) is 70.5. The lowest BCUT2D eigenvalue weighted by Gasteiger charge is -2.21. The van der Waals surface area contributed by atoms with E-state index in [0.29, 0.717) is 88.9 Å². The molecule has 30 nitrogen and oxygen atoms in total. The highest BCUT2D eigenvalue weighted by molar-refractivity contribution is 5.84. The smallest absolute Gasteiger partial charge is 0.168 e. The second-order valence-corrected chi connectivity index (χ2v) is 24.4. The summed E-state index contributed by atoms with van der Waals surface area (Å²) in [5, 5.41) is 68.5. The third kappa shape index (κ3) is 16.9. The van der Waals surface area contributed by atoms with Crippen LogP contribution in [0.1, 0.15) is 100 Å². The number of nitrogens with zero attached hydrogens (tertiary/aromatic N) is 12. The van der Waals surface area contributed by atoms with Crippen molar-refractivity contribution >= 4 is 50.9 Å². The molecule has 6 aromatic heterocycles. The average molecular weight is 1320 g/mol. The van der Waals surface area contributed by atoms with E-state index < -0.39 is 61.4 Å². The quantitative estimate of drug-likeness (QED) is 0.0323. The van der Waals surface area contributed by atoms with Gasteiger partial charge in [0.05, 0.1) is 64.2 Å². The molecular formula is C65H93N17O13. The van der Waals surface area contributed by atoms with Gasteiger partial charge in [-0.25, -0.2) is 44.9 Å². The monoisotopic (exact) mass is 1320 g/mol. The number of hydrogen-bond donors (Lipinski definition) is 10. The van der Waals surface area contributed by atoms with E-state index in [0.717, 1.165) is 48.1 Å². The molecule has 1 saturated carbocycles. The zero-order chi connectivity index (χ0) is 67.1. The molecule has 12 atom stereocenters. The van der Waals surface area contributed by atoms with Crippen LogP contribution in [0.4, 0.5) is 17.5 Å². The Balaban J connectivity index is 0.000000156. The Morgan fingerprint density at radius 3 is 1.54 bits per heavy atom. The van der Waals surface area contributed by atoms with Gasteiger partial charge in [-0.05, 0) is 62.4 Å². The number of anilines is 3. The zero-order valence-corrected chi connectivity index (χ0v) is 55.5. The van der Waals surface area contributed by atoms with Crippen LogP contribution in [-0.4, -0.2) is 214 Å². The number of rotatable bonds is 27. The molecule has 0 unspecified atom stereocenters. The van der Waals surface area contributed by atoms with Crippen LogP contribution < -0.4 is 31.3 Å². The molecule has 3 aliphatic heterocycles. The molecule has 0 amide bonds. The fourth-order valence-corrected chi connectivity index (χ4v) is 12.2. The Bertz CT molecular complexity index is 3670. The van der Waals surface area contributed by atoms with Gasteiger partial charge in [-0.2, -0.15) is 0 Å². The number of aliphatic hydroxyl groups is 5. The molecule has 3 saturated heterocycles. The highest BCUT2D eigenvalue weighted by Crippen LogP contribution is 2.38. The summed E-state index contributed by atoms with van der Waals surface area (Å²) in [6, 6.07) is 17.8. The first-order valence-corrected chi connectivity index (χ1v) is 32.5. The molecule has 4 aliphatic rings. The van der Waals surface area contributed by atoms with Crippen molar-refractivity contribution in [3.63, 3.8) is 0 Å². The van der Waals surface area contributed by atoms with E-state index in [4.69, 9.17) is 42.9 Å². The lowest BCUT2D eigenvalue weighted by atomic mass is 9.89. The number of imidazole rings is 3. The van der Waals surface area contributed by atoms with Crippen molar-refractivity contribution in [2.24, 2.45) is 11.8 Å². The Labute approximate surface area is 551 Å². The minimum absolute atomic E-state index is 0.0449. The largest absolute Gasteiger partial charge is 0.491 e. The lowest BCUT2D eigenvalue weighted by molar-refractivity contribution is -0.0580. The van der Waals surface area contributed by atoms with Gasteiger partial charge < -0.3 is 90.0 Å². The molecule has 1 aliphatic carbocycles. The van der Waals surface area contributed by atoms with Crippen LogP contribution in [-0.2, 0) is 65.9 Å². The standard InChI is InChI=1S/C23H32N6O5.C22H36N6O3.C20H25N5O5/c1-13(2)33-15-7-5-14(6-8-15)9-25-10-17-27-21(24-3)18-22(28-17)29(12-26-18)23-20(31)19(30)16(34-23)11-32-4;1-14-16(12-30-3)31-22(19(14)29)28-13-25-18-20(23-2)26-17(27-21(18)28)9-10-24-11-15-7-5-4-6-8-15;1-21-18-15-19(24-14(23-18)10-29-8-12-6-4-3-5-7-12)25(11-22-15)20-17(27)16(26)13(30-20)9-28-2/h5-8,12-13,16,19-20,23,25,30-31H,9-11H2,1-4H3,(H,24,27,28);13-16,19,22,24,29H,4-12H2,1-3H3,(H,23,26,27);3-7,11,13,16-17,20,26-27H,8-10H2,1-2H3,(H,21,23,24)/t16-,19-,20-,23-;14-,16-,19-,22-;13-,16-,17-,20-/m111/s1. The van der Waals surface area contributed by atoms with E-state index in [1.54, 1.807) is 36.7 Å². The van der Waals surface area contributed by atoms with Gasteiger partial charge in [0.25, 0.3) is 0 Å². The summed E-state index contributed by atoms with van der Waals surface area (Å²) in [6.07, 6.45) is 3.59. The van der Waals surface area contributed by atoms with E-state index in [2.05, 4.69) is 66.5 Å². The Morgan fingerprint density at radius 1 is 0.526 bits per heavy atom. The molecule has 0 radical (unpaired) electrons. The number of nitrogens with one attached hydrogen (secondary N) is 5. The Hall–Kier alpha value is -7.27. The predicted molar refractivity (Wildman–Crippen MR) is 352 cm³/mol. The second kappa shape index (κ2) is 33.6. The minimum Gasteiger partial charge on any atom is -0.491 e. The van der Waals surface area contributed by atoms with Crippen molar-refractivity contribution < 1.29 is 63.4 Å². The van der Waals surface area contributed by atoms with Crippen LogP contribution in [0.3, 0.4) is 0 Å².